The van der Waals surface area contributed by atoms with Gasteiger partial charge in [-0.25, -0.2) is 9.97 Å². The third-order valence-corrected chi connectivity index (χ3v) is 3.66. The first kappa shape index (κ1) is 14.5. The fraction of sp³-hybridized carbons (Fsp3) is 0.412. The van der Waals surface area contributed by atoms with E-state index in [1.165, 1.54) is 22.3 Å². The highest BCUT2D eigenvalue weighted by atomic mass is 15.0. The van der Waals surface area contributed by atoms with Crippen LogP contribution in [0.5, 0.6) is 0 Å². The maximum Gasteiger partial charge on any atom is 0.132 e. The summed E-state index contributed by atoms with van der Waals surface area (Å²) in [4.78, 5) is 9.32. The normalized spacial score (nSPS) is 10.7. The quantitative estimate of drug-likeness (QED) is 0.915. The summed E-state index contributed by atoms with van der Waals surface area (Å²) in [6.45, 7) is 10.6. The van der Waals surface area contributed by atoms with Crippen molar-refractivity contribution in [3.8, 4) is 11.3 Å². The second kappa shape index (κ2) is 5.61. The van der Waals surface area contributed by atoms with Crippen LogP contribution in [0.1, 0.15) is 35.0 Å². The smallest absolute Gasteiger partial charge is 0.132 e. The molecule has 2 aromatic rings. The minimum absolute atomic E-state index is 0.839. The van der Waals surface area contributed by atoms with Gasteiger partial charge in [-0.3, -0.25) is 0 Å². The summed E-state index contributed by atoms with van der Waals surface area (Å²) >= 11 is 0. The van der Waals surface area contributed by atoms with Crippen molar-refractivity contribution in [1.29, 1.82) is 0 Å². The highest BCUT2D eigenvalue weighted by molar-refractivity contribution is 5.74. The van der Waals surface area contributed by atoms with Crippen LogP contribution in [-0.2, 0) is 6.42 Å². The molecule has 0 saturated heterocycles. The summed E-state index contributed by atoms with van der Waals surface area (Å²) < 4.78 is 0. The van der Waals surface area contributed by atoms with Gasteiger partial charge in [-0.15, -0.1) is 0 Å². The van der Waals surface area contributed by atoms with E-state index in [1.54, 1.807) is 0 Å². The fourth-order valence-electron chi connectivity index (χ4n) is 2.76. The minimum atomic E-state index is 0.839. The molecule has 0 aliphatic carbocycles. The van der Waals surface area contributed by atoms with E-state index in [-0.39, 0.29) is 0 Å². The van der Waals surface area contributed by atoms with Crippen LogP contribution in [0.25, 0.3) is 11.3 Å². The Hall–Kier alpha value is -1.90. The number of rotatable bonds is 3. The molecular weight excluding hydrogens is 246 g/mol. The molecule has 3 heteroatoms. The largest absolute Gasteiger partial charge is 0.373 e. The van der Waals surface area contributed by atoms with Gasteiger partial charge < -0.3 is 5.32 Å². The molecule has 0 amide bonds. The molecule has 0 saturated carbocycles. The van der Waals surface area contributed by atoms with E-state index in [0.717, 1.165) is 29.3 Å². The van der Waals surface area contributed by atoms with Gasteiger partial charge in [0.05, 0.1) is 5.69 Å². The summed E-state index contributed by atoms with van der Waals surface area (Å²) in [5, 5.41) is 3.18. The molecule has 0 spiro atoms. The van der Waals surface area contributed by atoms with Crippen molar-refractivity contribution in [1.82, 2.24) is 9.97 Å². The maximum atomic E-state index is 4.77. The van der Waals surface area contributed by atoms with Gasteiger partial charge in [-0.1, -0.05) is 24.6 Å². The molecule has 1 aromatic heterocycles. The van der Waals surface area contributed by atoms with E-state index in [9.17, 15) is 0 Å². The number of anilines is 1. The monoisotopic (exact) mass is 269 g/mol. The highest BCUT2D eigenvalue weighted by Gasteiger charge is 2.15. The Morgan fingerprint density at radius 3 is 2.10 bits per heavy atom. The van der Waals surface area contributed by atoms with Gasteiger partial charge in [0.2, 0.25) is 0 Å². The molecule has 106 valence electrons. The van der Waals surface area contributed by atoms with Crippen molar-refractivity contribution in [2.45, 2.75) is 41.0 Å². The van der Waals surface area contributed by atoms with Gasteiger partial charge in [0.25, 0.3) is 0 Å². The number of nitrogens with zero attached hydrogens (tertiary/aromatic N) is 2. The molecule has 0 radical (unpaired) electrons. The second-order valence-corrected chi connectivity index (χ2v) is 5.34. The standard InChI is InChI=1S/C17H23N3/c1-7-14-19-16(13(5)17(18-6)20-14)15-11(3)8-10(2)9-12(15)4/h8-9H,7H2,1-6H3,(H,18,19,20). The van der Waals surface area contributed by atoms with Crippen molar-refractivity contribution in [2.75, 3.05) is 12.4 Å². The van der Waals surface area contributed by atoms with E-state index in [1.807, 2.05) is 7.05 Å². The number of benzene rings is 1. The van der Waals surface area contributed by atoms with Crippen LogP contribution in [0.2, 0.25) is 0 Å². The Kier molecular flexibility index (Phi) is 4.07. The first-order valence-corrected chi connectivity index (χ1v) is 7.11. The third kappa shape index (κ3) is 2.53. The molecule has 20 heavy (non-hydrogen) atoms. The lowest BCUT2D eigenvalue weighted by molar-refractivity contribution is 0.934. The van der Waals surface area contributed by atoms with Crippen LogP contribution in [0.3, 0.4) is 0 Å². The van der Waals surface area contributed by atoms with Gasteiger partial charge >= 0.3 is 0 Å². The predicted molar refractivity (Wildman–Crippen MR) is 85.3 cm³/mol. The Labute approximate surface area is 121 Å². The van der Waals surface area contributed by atoms with Gasteiger partial charge in [-0.2, -0.15) is 0 Å². The number of nitrogens with one attached hydrogen (secondary N) is 1. The zero-order valence-electron chi connectivity index (χ0n) is 13.3. The van der Waals surface area contributed by atoms with E-state index in [0.29, 0.717) is 0 Å². The van der Waals surface area contributed by atoms with Crippen molar-refractivity contribution in [3.63, 3.8) is 0 Å². The van der Waals surface area contributed by atoms with E-state index < -0.39 is 0 Å². The predicted octanol–water partition coefficient (Wildman–Crippen LogP) is 3.98. The van der Waals surface area contributed by atoms with Crippen LogP contribution in [0.4, 0.5) is 5.82 Å². The number of hydrogen-bond acceptors (Lipinski definition) is 3. The van der Waals surface area contributed by atoms with Crippen molar-refractivity contribution in [3.05, 3.63) is 40.2 Å². The van der Waals surface area contributed by atoms with Crippen molar-refractivity contribution >= 4 is 5.82 Å². The first-order valence-electron chi connectivity index (χ1n) is 7.11. The molecule has 0 atom stereocenters. The Morgan fingerprint density at radius 2 is 1.60 bits per heavy atom. The topological polar surface area (TPSA) is 37.8 Å². The number of hydrogen-bond donors (Lipinski definition) is 1. The number of aryl methyl sites for hydroxylation is 4. The van der Waals surface area contributed by atoms with Gasteiger partial charge in [0.15, 0.2) is 0 Å². The molecule has 1 heterocycles. The van der Waals surface area contributed by atoms with Gasteiger partial charge in [0, 0.05) is 24.6 Å². The van der Waals surface area contributed by atoms with Crippen molar-refractivity contribution < 1.29 is 0 Å². The zero-order valence-corrected chi connectivity index (χ0v) is 13.3. The fourth-order valence-corrected chi connectivity index (χ4v) is 2.76. The summed E-state index contributed by atoms with van der Waals surface area (Å²) in [6, 6.07) is 4.43. The Morgan fingerprint density at radius 1 is 1.00 bits per heavy atom. The SMILES string of the molecule is CCc1nc(NC)c(C)c(-c2c(C)cc(C)cc2C)n1. The molecule has 0 unspecified atom stereocenters. The summed E-state index contributed by atoms with van der Waals surface area (Å²) in [5.41, 5.74) is 7.24. The average Bonchev–Trinajstić information content (AvgIpc) is 2.39. The van der Waals surface area contributed by atoms with Crippen molar-refractivity contribution in [2.24, 2.45) is 0 Å². The molecule has 2 rings (SSSR count). The second-order valence-electron chi connectivity index (χ2n) is 5.34. The molecule has 0 bridgehead atoms. The van der Waals surface area contributed by atoms with Crippen LogP contribution in [-0.4, -0.2) is 17.0 Å². The zero-order chi connectivity index (χ0) is 14.9. The maximum absolute atomic E-state index is 4.77. The summed E-state index contributed by atoms with van der Waals surface area (Å²) in [7, 11) is 1.91. The number of aromatic nitrogens is 2. The molecule has 0 fully saturated rings. The minimum Gasteiger partial charge on any atom is -0.373 e. The van der Waals surface area contributed by atoms with E-state index in [2.05, 4.69) is 57.1 Å². The average molecular weight is 269 g/mol. The Bertz CT molecular complexity index is 622. The summed E-state index contributed by atoms with van der Waals surface area (Å²) in [5.74, 6) is 1.81. The lowest BCUT2D eigenvalue weighted by atomic mass is 9.95. The lowest BCUT2D eigenvalue weighted by Crippen LogP contribution is -2.06. The van der Waals surface area contributed by atoms with Crippen LogP contribution in [0.15, 0.2) is 12.1 Å². The van der Waals surface area contributed by atoms with E-state index in [4.69, 9.17) is 4.98 Å². The van der Waals surface area contributed by atoms with Crippen LogP contribution in [0, 0.1) is 27.7 Å². The van der Waals surface area contributed by atoms with E-state index >= 15 is 0 Å². The summed E-state index contributed by atoms with van der Waals surface area (Å²) in [6.07, 6.45) is 0.839. The molecule has 1 N–H and O–H groups in total. The lowest BCUT2D eigenvalue weighted by Gasteiger charge is -2.16. The molecule has 0 aliphatic rings. The molecular formula is C17H23N3. The van der Waals surface area contributed by atoms with Crippen LogP contribution >= 0.6 is 0 Å². The molecule has 3 nitrogen and oxygen atoms in total. The van der Waals surface area contributed by atoms with Crippen LogP contribution < -0.4 is 5.32 Å². The first-order chi connectivity index (χ1) is 9.47. The Balaban J connectivity index is 2.75. The van der Waals surface area contributed by atoms with Gasteiger partial charge in [-0.05, 0) is 38.8 Å². The molecule has 0 aliphatic heterocycles. The third-order valence-electron chi connectivity index (χ3n) is 3.66. The molecule has 1 aromatic carbocycles. The highest BCUT2D eigenvalue weighted by Crippen LogP contribution is 2.31. The van der Waals surface area contributed by atoms with Gasteiger partial charge in [0.1, 0.15) is 11.6 Å².